The van der Waals surface area contributed by atoms with Crippen LogP contribution in [0.3, 0.4) is 0 Å². The van der Waals surface area contributed by atoms with E-state index in [4.69, 9.17) is 5.11 Å². The molecule has 21 heavy (non-hydrogen) atoms. The number of sulfonamides is 1. The van der Waals surface area contributed by atoms with Gasteiger partial charge in [0.05, 0.1) is 16.6 Å². The summed E-state index contributed by atoms with van der Waals surface area (Å²) in [7, 11) is -3.86. The monoisotopic (exact) mass is 379 g/mol. The van der Waals surface area contributed by atoms with Gasteiger partial charge in [0.2, 0.25) is 10.0 Å². The molecule has 0 saturated carbocycles. The van der Waals surface area contributed by atoms with E-state index in [-0.39, 0.29) is 22.9 Å². The molecule has 0 aliphatic heterocycles. The minimum absolute atomic E-state index is 0.112. The third kappa shape index (κ3) is 5.39. The average molecular weight is 380 g/mol. The summed E-state index contributed by atoms with van der Waals surface area (Å²) in [6.07, 6.45) is -0.308. The molecule has 0 aliphatic rings. The Hall–Kier alpha value is -0.960. The van der Waals surface area contributed by atoms with Gasteiger partial charge in [0.1, 0.15) is 0 Å². The van der Waals surface area contributed by atoms with Crippen molar-refractivity contribution in [2.75, 3.05) is 6.54 Å². The number of aliphatic hydroxyl groups excluding tert-OH is 1. The number of carbonyl (C=O) groups is 1. The summed E-state index contributed by atoms with van der Waals surface area (Å²) in [4.78, 5) is 10.9. The highest BCUT2D eigenvalue weighted by Crippen LogP contribution is 2.21. The van der Waals surface area contributed by atoms with Crippen molar-refractivity contribution in [1.82, 2.24) is 4.72 Å². The largest absolute Gasteiger partial charge is 0.478 e. The average Bonchev–Trinajstić information content (AvgIpc) is 2.35. The zero-order valence-corrected chi connectivity index (χ0v) is 14.1. The third-order valence-electron chi connectivity index (χ3n) is 2.73. The van der Waals surface area contributed by atoms with Crippen LogP contribution in [0.15, 0.2) is 27.6 Å². The molecule has 1 aromatic rings. The second-order valence-electron chi connectivity index (χ2n) is 5.08. The van der Waals surface area contributed by atoms with E-state index in [2.05, 4.69) is 20.7 Å². The molecule has 1 atom stereocenters. The standard InChI is InChI=1S/C13H18BrNO5S/c1-8(2)5-9(16)7-15-21(19,20)10-3-4-12(14)11(6-10)13(17)18/h3-4,6,8-9,15-16H,5,7H2,1-2H3,(H,17,18). The topological polar surface area (TPSA) is 104 Å². The minimum atomic E-state index is -3.86. The zero-order chi connectivity index (χ0) is 16.2. The van der Waals surface area contributed by atoms with Crippen molar-refractivity contribution < 1.29 is 23.4 Å². The fourth-order valence-corrected chi connectivity index (χ4v) is 3.27. The fourth-order valence-electron chi connectivity index (χ4n) is 1.75. The molecule has 1 rings (SSSR count). The first-order valence-electron chi connectivity index (χ1n) is 6.34. The zero-order valence-electron chi connectivity index (χ0n) is 11.7. The molecule has 1 aromatic carbocycles. The molecule has 0 radical (unpaired) electrons. The molecule has 118 valence electrons. The number of carboxylic acids is 1. The van der Waals surface area contributed by atoms with E-state index in [0.29, 0.717) is 10.9 Å². The van der Waals surface area contributed by atoms with E-state index in [9.17, 15) is 18.3 Å². The molecule has 6 nitrogen and oxygen atoms in total. The molecule has 0 aromatic heterocycles. The van der Waals surface area contributed by atoms with Crippen molar-refractivity contribution in [3.8, 4) is 0 Å². The number of hydrogen-bond acceptors (Lipinski definition) is 4. The summed E-state index contributed by atoms with van der Waals surface area (Å²) >= 11 is 3.05. The molecule has 0 heterocycles. The van der Waals surface area contributed by atoms with Crippen molar-refractivity contribution in [2.24, 2.45) is 5.92 Å². The van der Waals surface area contributed by atoms with Crippen LogP contribution < -0.4 is 4.72 Å². The predicted molar refractivity (Wildman–Crippen MR) is 81.8 cm³/mol. The lowest BCUT2D eigenvalue weighted by molar-refractivity contribution is 0.0695. The van der Waals surface area contributed by atoms with Crippen LogP contribution in [-0.4, -0.2) is 37.2 Å². The molecular formula is C13H18BrNO5S. The Labute approximate surface area is 132 Å². The highest BCUT2D eigenvalue weighted by Gasteiger charge is 2.19. The van der Waals surface area contributed by atoms with E-state index in [0.717, 1.165) is 6.07 Å². The Bertz CT molecular complexity index is 615. The van der Waals surface area contributed by atoms with E-state index in [1.807, 2.05) is 13.8 Å². The Morgan fingerprint density at radius 1 is 1.38 bits per heavy atom. The fraction of sp³-hybridized carbons (Fsp3) is 0.462. The maximum absolute atomic E-state index is 12.1. The highest BCUT2D eigenvalue weighted by atomic mass is 79.9. The molecule has 0 saturated heterocycles. The highest BCUT2D eigenvalue weighted by molar-refractivity contribution is 9.10. The van der Waals surface area contributed by atoms with Crippen LogP contribution in [0.2, 0.25) is 0 Å². The lowest BCUT2D eigenvalue weighted by Crippen LogP contribution is -2.33. The van der Waals surface area contributed by atoms with Crippen LogP contribution in [-0.2, 0) is 10.0 Å². The third-order valence-corrected chi connectivity index (χ3v) is 4.84. The van der Waals surface area contributed by atoms with Crippen molar-refractivity contribution in [2.45, 2.75) is 31.3 Å². The van der Waals surface area contributed by atoms with Gasteiger partial charge < -0.3 is 10.2 Å². The maximum atomic E-state index is 12.1. The number of halogens is 1. The molecule has 8 heteroatoms. The second-order valence-corrected chi connectivity index (χ2v) is 7.70. The van der Waals surface area contributed by atoms with Crippen LogP contribution in [0.5, 0.6) is 0 Å². The Morgan fingerprint density at radius 3 is 2.52 bits per heavy atom. The first-order chi connectivity index (χ1) is 9.63. The van der Waals surface area contributed by atoms with Crippen LogP contribution in [0, 0.1) is 5.92 Å². The molecule has 0 fully saturated rings. The Balaban J connectivity index is 2.88. The summed E-state index contributed by atoms with van der Waals surface area (Å²) < 4.78 is 26.7. The lowest BCUT2D eigenvalue weighted by Gasteiger charge is -2.14. The van der Waals surface area contributed by atoms with Gasteiger partial charge in [-0.2, -0.15) is 0 Å². The van der Waals surface area contributed by atoms with E-state index >= 15 is 0 Å². The molecule has 0 bridgehead atoms. The number of benzene rings is 1. The van der Waals surface area contributed by atoms with Gasteiger partial charge in [-0.25, -0.2) is 17.9 Å². The Kier molecular flexibility index (Phi) is 6.33. The van der Waals surface area contributed by atoms with Gasteiger partial charge in [0.15, 0.2) is 0 Å². The van der Waals surface area contributed by atoms with Gasteiger partial charge in [-0.15, -0.1) is 0 Å². The van der Waals surface area contributed by atoms with Gasteiger partial charge >= 0.3 is 5.97 Å². The van der Waals surface area contributed by atoms with Crippen molar-refractivity contribution in [3.05, 3.63) is 28.2 Å². The SMILES string of the molecule is CC(C)CC(O)CNS(=O)(=O)c1ccc(Br)c(C(=O)O)c1. The van der Waals surface area contributed by atoms with Crippen LogP contribution in [0.1, 0.15) is 30.6 Å². The summed E-state index contributed by atoms with van der Waals surface area (Å²) in [5.74, 6) is -0.977. The second kappa shape index (κ2) is 7.35. The lowest BCUT2D eigenvalue weighted by atomic mass is 10.1. The quantitative estimate of drug-likeness (QED) is 0.670. The van der Waals surface area contributed by atoms with Crippen LogP contribution in [0.4, 0.5) is 0 Å². The first-order valence-corrected chi connectivity index (χ1v) is 8.61. The molecule has 1 unspecified atom stereocenters. The number of hydrogen-bond donors (Lipinski definition) is 3. The van der Waals surface area contributed by atoms with Crippen molar-refractivity contribution in [3.63, 3.8) is 0 Å². The number of nitrogens with one attached hydrogen (secondary N) is 1. The van der Waals surface area contributed by atoms with Crippen LogP contribution >= 0.6 is 15.9 Å². The number of rotatable bonds is 7. The summed E-state index contributed by atoms with van der Waals surface area (Å²) in [5.41, 5.74) is -0.138. The normalized spacial score (nSPS) is 13.4. The molecule has 3 N–H and O–H groups in total. The Morgan fingerprint density at radius 2 is 2.00 bits per heavy atom. The number of aliphatic hydroxyl groups is 1. The minimum Gasteiger partial charge on any atom is -0.478 e. The molecule has 0 aliphatic carbocycles. The van der Waals surface area contributed by atoms with Gasteiger partial charge in [0.25, 0.3) is 0 Å². The summed E-state index contributed by atoms with van der Waals surface area (Å²) in [5, 5.41) is 18.7. The first kappa shape index (κ1) is 18.1. The molecular weight excluding hydrogens is 362 g/mol. The van der Waals surface area contributed by atoms with E-state index in [1.165, 1.54) is 12.1 Å². The molecule has 0 amide bonds. The smallest absolute Gasteiger partial charge is 0.336 e. The van der Waals surface area contributed by atoms with E-state index < -0.39 is 22.1 Å². The van der Waals surface area contributed by atoms with E-state index in [1.54, 1.807) is 0 Å². The number of aromatic carboxylic acids is 1. The van der Waals surface area contributed by atoms with Gasteiger partial charge in [-0.05, 0) is 46.5 Å². The number of carboxylic acid groups (broad SMARTS) is 1. The van der Waals surface area contributed by atoms with Gasteiger partial charge in [-0.3, -0.25) is 0 Å². The van der Waals surface area contributed by atoms with Gasteiger partial charge in [0, 0.05) is 11.0 Å². The van der Waals surface area contributed by atoms with Crippen molar-refractivity contribution >= 4 is 31.9 Å². The van der Waals surface area contributed by atoms with Crippen LogP contribution in [0.25, 0.3) is 0 Å². The maximum Gasteiger partial charge on any atom is 0.336 e. The molecule has 0 spiro atoms. The summed E-state index contributed by atoms with van der Waals surface area (Å²) in [6, 6.07) is 3.74. The van der Waals surface area contributed by atoms with Gasteiger partial charge in [-0.1, -0.05) is 13.8 Å². The van der Waals surface area contributed by atoms with Crippen molar-refractivity contribution in [1.29, 1.82) is 0 Å². The summed E-state index contributed by atoms with van der Waals surface area (Å²) in [6.45, 7) is 3.73. The predicted octanol–water partition coefficient (Wildman–Crippen LogP) is 1.83.